The smallest absolute Gasteiger partial charge is 0.166 e. The zero-order chi connectivity index (χ0) is 12.1. The molecule has 0 heterocycles. The Morgan fingerprint density at radius 2 is 1.69 bits per heavy atom. The summed E-state index contributed by atoms with van der Waals surface area (Å²) in [7, 11) is 0. The Kier molecular flexibility index (Phi) is 4.68. The lowest BCUT2D eigenvalue weighted by Gasteiger charge is -2.18. The molecular formula is C12H17FN2S. The highest BCUT2D eigenvalue weighted by molar-refractivity contribution is 7.80. The number of halogens is 1. The summed E-state index contributed by atoms with van der Waals surface area (Å²) in [6.07, 6.45) is 0. The molecule has 1 atom stereocenters. The maximum Gasteiger partial charge on any atom is 0.166 e. The highest BCUT2D eigenvalue weighted by atomic mass is 32.1. The molecule has 1 unspecified atom stereocenters. The van der Waals surface area contributed by atoms with Crippen molar-refractivity contribution < 1.29 is 4.39 Å². The monoisotopic (exact) mass is 240 g/mol. The lowest BCUT2D eigenvalue weighted by atomic mass is 10.1. The zero-order valence-electron chi connectivity index (χ0n) is 9.75. The summed E-state index contributed by atoms with van der Waals surface area (Å²) in [5, 5.41) is 6.86. The van der Waals surface area contributed by atoms with E-state index >= 15 is 0 Å². The summed E-state index contributed by atoms with van der Waals surface area (Å²) in [6.45, 7) is 6.04. The van der Waals surface area contributed by atoms with Gasteiger partial charge in [-0.1, -0.05) is 12.1 Å². The molecule has 0 aromatic heterocycles. The van der Waals surface area contributed by atoms with Gasteiger partial charge in [-0.2, -0.15) is 0 Å². The van der Waals surface area contributed by atoms with Gasteiger partial charge < -0.3 is 10.6 Å². The van der Waals surface area contributed by atoms with Crippen molar-refractivity contribution in [2.75, 3.05) is 0 Å². The second kappa shape index (κ2) is 5.80. The number of thiocarbonyl (C=S) groups is 1. The highest BCUT2D eigenvalue weighted by Crippen LogP contribution is 2.12. The van der Waals surface area contributed by atoms with E-state index in [-0.39, 0.29) is 11.9 Å². The Hall–Kier alpha value is -1.16. The Morgan fingerprint density at radius 1 is 1.12 bits per heavy atom. The second-order valence-corrected chi connectivity index (χ2v) is 4.45. The van der Waals surface area contributed by atoms with E-state index in [4.69, 9.17) is 12.2 Å². The van der Waals surface area contributed by atoms with Gasteiger partial charge in [-0.3, -0.25) is 0 Å². The average molecular weight is 240 g/mol. The van der Waals surface area contributed by atoms with Gasteiger partial charge in [-0.15, -0.1) is 0 Å². The third-order valence-corrected chi connectivity index (χ3v) is 2.37. The number of nitrogens with one attached hydrogen (secondary N) is 2. The molecule has 2 N–H and O–H groups in total. The van der Waals surface area contributed by atoms with Gasteiger partial charge in [-0.05, 0) is 50.7 Å². The SMILES string of the molecule is CC(C)NC(=S)NC(C)c1ccc(F)cc1. The Bertz CT molecular complexity index is 349. The van der Waals surface area contributed by atoms with Crippen LogP contribution in [0.25, 0.3) is 0 Å². The summed E-state index contributed by atoms with van der Waals surface area (Å²) in [5.41, 5.74) is 1.01. The van der Waals surface area contributed by atoms with Crippen molar-refractivity contribution in [1.29, 1.82) is 0 Å². The zero-order valence-corrected chi connectivity index (χ0v) is 10.6. The standard InChI is InChI=1S/C12H17FN2S/c1-8(2)14-12(16)15-9(3)10-4-6-11(13)7-5-10/h4-9H,1-3H3,(H2,14,15,16). The van der Waals surface area contributed by atoms with Gasteiger partial charge in [0.2, 0.25) is 0 Å². The van der Waals surface area contributed by atoms with Crippen LogP contribution in [0, 0.1) is 5.82 Å². The normalized spacial score (nSPS) is 12.3. The van der Waals surface area contributed by atoms with Crippen LogP contribution in [0.1, 0.15) is 32.4 Å². The highest BCUT2D eigenvalue weighted by Gasteiger charge is 2.07. The van der Waals surface area contributed by atoms with E-state index in [2.05, 4.69) is 10.6 Å². The fraction of sp³-hybridized carbons (Fsp3) is 0.417. The molecule has 0 aliphatic heterocycles. The van der Waals surface area contributed by atoms with Crippen LogP contribution in [0.5, 0.6) is 0 Å². The minimum atomic E-state index is -0.223. The maximum atomic E-state index is 12.7. The quantitative estimate of drug-likeness (QED) is 0.794. The van der Waals surface area contributed by atoms with Crippen molar-refractivity contribution in [3.8, 4) is 0 Å². The van der Waals surface area contributed by atoms with Gasteiger partial charge in [-0.25, -0.2) is 4.39 Å². The number of rotatable bonds is 3. The van der Waals surface area contributed by atoms with Crippen LogP contribution in [-0.2, 0) is 0 Å². The molecule has 0 spiro atoms. The number of hydrogen-bond donors (Lipinski definition) is 2. The van der Waals surface area contributed by atoms with E-state index in [0.29, 0.717) is 11.2 Å². The van der Waals surface area contributed by atoms with Crippen LogP contribution >= 0.6 is 12.2 Å². The predicted octanol–water partition coefficient (Wildman–Crippen LogP) is 2.76. The van der Waals surface area contributed by atoms with Crippen molar-refractivity contribution in [2.24, 2.45) is 0 Å². The largest absolute Gasteiger partial charge is 0.361 e. The summed E-state index contributed by atoms with van der Waals surface area (Å²) in [4.78, 5) is 0. The second-order valence-electron chi connectivity index (χ2n) is 4.05. The molecule has 0 aliphatic rings. The van der Waals surface area contributed by atoms with E-state index in [1.165, 1.54) is 12.1 Å². The van der Waals surface area contributed by atoms with Crippen LogP contribution in [0.15, 0.2) is 24.3 Å². The summed E-state index contributed by atoms with van der Waals surface area (Å²) in [5.74, 6) is -0.223. The molecule has 0 bridgehead atoms. The van der Waals surface area contributed by atoms with E-state index < -0.39 is 0 Å². The Labute approximate surface area is 101 Å². The van der Waals surface area contributed by atoms with Gasteiger partial charge in [0.15, 0.2) is 5.11 Å². The lowest BCUT2D eigenvalue weighted by Crippen LogP contribution is -2.40. The third kappa shape index (κ3) is 4.14. The van der Waals surface area contributed by atoms with E-state index in [1.807, 2.05) is 20.8 Å². The fourth-order valence-electron chi connectivity index (χ4n) is 1.34. The van der Waals surface area contributed by atoms with Crippen LogP contribution < -0.4 is 10.6 Å². The minimum absolute atomic E-state index is 0.0688. The summed E-state index contributed by atoms with van der Waals surface area (Å²) < 4.78 is 12.7. The molecule has 88 valence electrons. The number of hydrogen-bond acceptors (Lipinski definition) is 1. The van der Waals surface area contributed by atoms with Crippen LogP contribution in [-0.4, -0.2) is 11.2 Å². The first-order valence-corrected chi connectivity index (χ1v) is 5.72. The van der Waals surface area contributed by atoms with Gasteiger partial charge in [0.05, 0.1) is 6.04 Å². The van der Waals surface area contributed by atoms with Crippen molar-refractivity contribution in [2.45, 2.75) is 32.9 Å². The molecule has 1 aromatic rings. The molecule has 1 aromatic carbocycles. The van der Waals surface area contributed by atoms with Crippen LogP contribution in [0.2, 0.25) is 0 Å². The average Bonchev–Trinajstić information content (AvgIpc) is 2.16. The molecule has 16 heavy (non-hydrogen) atoms. The molecule has 0 fully saturated rings. The Morgan fingerprint density at radius 3 is 2.19 bits per heavy atom. The lowest BCUT2D eigenvalue weighted by molar-refractivity contribution is 0.622. The van der Waals surface area contributed by atoms with Crippen molar-refractivity contribution in [3.63, 3.8) is 0 Å². The topological polar surface area (TPSA) is 24.1 Å². The minimum Gasteiger partial charge on any atom is -0.361 e. The van der Waals surface area contributed by atoms with Crippen molar-refractivity contribution >= 4 is 17.3 Å². The Balaban J connectivity index is 2.55. The van der Waals surface area contributed by atoms with E-state index in [0.717, 1.165) is 5.56 Å². The fourth-order valence-corrected chi connectivity index (χ4v) is 1.75. The van der Waals surface area contributed by atoms with Crippen molar-refractivity contribution in [1.82, 2.24) is 10.6 Å². The summed E-state index contributed by atoms with van der Waals surface area (Å²) in [6, 6.07) is 6.79. The van der Waals surface area contributed by atoms with Crippen LogP contribution in [0.3, 0.4) is 0 Å². The molecule has 0 saturated heterocycles. The first-order chi connectivity index (χ1) is 7.49. The molecule has 0 aliphatic carbocycles. The molecule has 0 amide bonds. The molecule has 2 nitrogen and oxygen atoms in total. The number of benzene rings is 1. The van der Waals surface area contributed by atoms with Gasteiger partial charge in [0.25, 0.3) is 0 Å². The molecule has 4 heteroatoms. The third-order valence-electron chi connectivity index (χ3n) is 2.14. The first-order valence-electron chi connectivity index (χ1n) is 5.31. The van der Waals surface area contributed by atoms with E-state index in [1.54, 1.807) is 12.1 Å². The molecular weight excluding hydrogens is 223 g/mol. The first kappa shape index (κ1) is 12.9. The molecule has 0 saturated carbocycles. The maximum absolute atomic E-state index is 12.7. The van der Waals surface area contributed by atoms with Gasteiger partial charge in [0, 0.05) is 6.04 Å². The molecule has 0 radical (unpaired) electrons. The van der Waals surface area contributed by atoms with Crippen molar-refractivity contribution in [3.05, 3.63) is 35.6 Å². The van der Waals surface area contributed by atoms with Gasteiger partial charge in [0.1, 0.15) is 5.82 Å². The predicted molar refractivity (Wildman–Crippen MR) is 68.8 cm³/mol. The van der Waals surface area contributed by atoms with Gasteiger partial charge >= 0.3 is 0 Å². The van der Waals surface area contributed by atoms with Crippen LogP contribution in [0.4, 0.5) is 4.39 Å². The summed E-state index contributed by atoms with van der Waals surface area (Å²) >= 11 is 5.14. The van der Waals surface area contributed by atoms with E-state index in [9.17, 15) is 4.39 Å². The molecule has 1 rings (SSSR count).